The zero-order valence-electron chi connectivity index (χ0n) is 11.1. The molecular formula is C13H20N2O2S2. The van der Waals surface area contributed by atoms with Crippen LogP contribution in [0.3, 0.4) is 0 Å². The molecule has 0 aromatic carbocycles. The molecule has 0 atom stereocenters. The Kier molecular flexibility index (Phi) is 3.45. The highest BCUT2D eigenvalue weighted by molar-refractivity contribution is 7.91. The fraction of sp³-hybridized carbons (Fsp3) is 0.692. The molecule has 106 valence electrons. The summed E-state index contributed by atoms with van der Waals surface area (Å²) in [5, 5.41) is 3.40. The van der Waals surface area contributed by atoms with E-state index in [1.54, 1.807) is 6.07 Å². The van der Waals surface area contributed by atoms with Crippen molar-refractivity contribution in [2.75, 3.05) is 6.54 Å². The van der Waals surface area contributed by atoms with Gasteiger partial charge in [0, 0.05) is 24.0 Å². The molecule has 2 saturated carbocycles. The summed E-state index contributed by atoms with van der Waals surface area (Å²) in [5.74, 6) is 0. The standard InChI is InChI=1S/C13H20N2O2S2/c1-13(6-7-13)9-15-19(16,17)12-5-4-11(18-12)8-14-10-2-3-10/h4-5,10,14-15H,2-3,6-9H2,1H3. The molecule has 2 aliphatic rings. The van der Waals surface area contributed by atoms with Gasteiger partial charge in [-0.1, -0.05) is 6.92 Å². The zero-order chi connectivity index (χ0) is 13.5. The lowest BCUT2D eigenvalue weighted by atomic mass is 10.2. The van der Waals surface area contributed by atoms with Crippen molar-refractivity contribution >= 4 is 21.4 Å². The molecule has 0 radical (unpaired) electrons. The quantitative estimate of drug-likeness (QED) is 0.810. The molecule has 19 heavy (non-hydrogen) atoms. The normalized spacial score (nSPS) is 21.5. The van der Waals surface area contributed by atoms with Crippen molar-refractivity contribution in [2.24, 2.45) is 5.41 Å². The molecule has 0 saturated heterocycles. The molecule has 0 amide bonds. The van der Waals surface area contributed by atoms with Gasteiger partial charge in [-0.2, -0.15) is 0 Å². The summed E-state index contributed by atoms with van der Waals surface area (Å²) < 4.78 is 27.5. The number of nitrogens with one attached hydrogen (secondary N) is 2. The van der Waals surface area contributed by atoms with Crippen LogP contribution >= 0.6 is 11.3 Å². The molecule has 0 bridgehead atoms. The maximum absolute atomic E-state index is 12.1. The molecule has 3 rings (SSSR count). The van der Waals surface area contributed by atoms with E-state index in [0.717, 1.165) is 24.3 Å². The molecule has 0 aliphatic heterocycles. The molecule has 2 aliphatic carbocycles. The summed E-state index contributed by atoms with van der Waals surface area (Å²) >= 11 is 1.37. The highest BCUT2D eigenvalue weighted by Gasteiger charge is 2.38. The van der Waals surface area contributed by atoms with E-state index >= 15 is 0 Å². The van der Waals surface area contributed by atoms with E-state index in [0.29, 0.717) is 16.8 Å². The monoisotopic (exact) mass is 300 g/mol. The van der Waals surface area contributed by atoms with Gasteiger partial charge in [0.05, 0.1) is 0 Å². The molecule has 2 N–H and O–H groups in total. The maximum Gasteiger partial charge on any atom is 0.250 e. The Balaban J connectivity index is 1.59. The van der Waals surface area contributed by atoms with Gasteiger partial charge in [0.15, 0.2) is 0 Å². The minimum atomic E-state index is -3.31. The van der Waals surface area contributed by atoms with Gasteiger partial charge < -0.3 is 5.32 Å². The lowest BCUT2D eigenvalue weighted by Gasteiger charge is -2.09. The molecule has 1 aromatic rings. The van der Waals surface area contributed by atoms with Crippen LogP contribution in [0.15, 0.2) is 16.3 Å². The first-order valence-electron chi connectivity index (χ1n) is 6.79. The van der Waals surface area contributed by atoms with Crippen LogP contribution in [-0.4, -0.2) is 21.0 Å². The Morgan fingerprint density at radius 2 is 2.11 bits per heavy atom. The van der Waals surface area contributed by atoms with Gasteiger partial charge in [-0.25, -0.2) is 13.1 Å². The zero-order valence-corrected chi connectivity index (χ0v) is 12.7. The van der Waals surface area contributed by atoms with Gasteiger partial charge in [0.2, 0.25) is 10.0 Å². The highest BCUT2D eigenvalue weighted by Crippen LogP contribution is 2.44. The Morgan fingerprint density at radius 1 is 1.37 bits per heavy atom. The lowest BCUT2D eigenvalue weighted by molar-refractivity contribution is 0.531. The first-order valence-corrected chi connectivity index (χ1v) is 9.09. The maximum atomic E-state index is 12.1. The van der Waals surface area contributed by atoms with E-state index in [1.165, 1.54) is 24.2 Å². The molecule has 1 aromatic heterocycles. The van der Waals surface area contributed by atoms with Gasteiger partial charge in [0.1, 0.15) is 4.21 Å². The van der Waals surface area contributed by atoms with Crippen molar-refractivity contribution in [3.8, 4) is 0 Å². The summed E-state index contributed by atoms with van der Waals surface area (Å²) in [6.45, 7) is 3.46. The van der Waals surface area contributed by atoms with Gasteiger partial charge in [-0.05, 0) is 43.2 Å². The Labute approximate surface area is 118 Å². The summed E-state index contributed by atoms with van der Waals surface area (Å²) in [7, 11) is -3.31. The fourth-order valence-electron chi connectivity index (χ4n) is 1.86. The van der Waals surface area contributed by atoms with Crippen LogP contribution in [0.25, 0.3) is 0 Å². The average Bonchev–Trinajstić information content (AvgIpc) is 3.28. The first-order chi connectivity index (χ1) is 8.97. The van der Waals surface area contributed by atoms with E-state index in [9.17, 15) is 8.42 Å². The topological polar surface area (TPSA) is 58.2 Å². The van der Waals surface area contributed by atoms with E-state index < -0.39 is 10.0 Å². The van der Waals surface area contributed by atoms with Crippen molar-refractivity contribution in [1.82, 2.24) is 10.0 Å². The van der Waals surface area contributed by atoms with Crippen LogP contribution in [0.1, 0.15) is 37.5 Å². The minimum Gasteiger partial charge on any atom is -0.309 e. The molecule has 4 nitrogen and oxygen atoms in total. The van der Waals surface area contributed by atoms with Crippen LogP contribution in [0, 0.1) is 5.41 Å². The van der Waals surface area contributed by atoms with Crippen LogP contribution in [0.4, 0.5) is 0 Å². The minimum absolute atomic E-state index is 0.195. The average molecular weight is 300 g/mol. The van der Waals surface area contributed by atoms with Gasteiger partial charge in [-0.15, -0.1) is 11.3 Å². The molecular weight excluding hydrogens is 280 g/mol. The third-order valence-electron chi connectivity index (χ3n) is 3.84. The van der Waals surface area contributed by atoms with Crippen LogP contribution in [0.2, 0.25) is 0 Å². The number of hydrogen-bond acceptors (Lipinski definition) is 4. The fourth-order valence-corrected chi connectivity index (χ4v) is 4.41. The summed E-state index contributed by atoms with van der Waals surface area (Å²) in [6, 6.07) is 4.27. The second-order valence-electron chi connectivity index (χ2n) is 6.01. The first kappa shape index (κ1) is 13.5. The molecule has 0 unspecified atom stereocenters. The SMILES string of the molecule is CC1(CNS(=O)(=O)c2ccc(CNC3CC3)s2)CC1. The Bertz CT molecular complexity index is 557. The highest BCUT2D eigenvalue weighted by atomic mass is 32.2. The smallest absolute Gasteiger partial charge is 0.250 e. The Hall–Kier alpha value is -0.430. The third kappa shape index (κ3) is 3.56. The van der Waals surface area contributed by atoms with Crippen molar-refractivity contribution in [3.05, 3.63) is 17.0 Å². The number of thiophene rings is 1. The molecule has 1 heterocycles. The van der Waals surface area contributed by atoms with Gasteiger partial charge in [0.25, 0.3) is 0 Å². The second-order valence-corrected chi connectivity index (χ2v) is 9.17. The molecule has 0 spiro atoms. The predicted molar refractivity (Wildman–Crippen MR) is 76.7 cm³/mol. The van der Waals surface area contributed by atoms with Crippen LogP contribution in [0.5, 0.6) is 0 Å². The molecule has 6 heteroatoms. The van der Waals surface area contributed by atoms with Crippen LogP contribution in [-0.2, 0) is 16.6 Å². The van der Waals surface area contributed by atoms with E-state index in [-0.39, 0.29) is 5.41 Å². The van der Waals surface area contributed by atoms with Gasteiger partial charge in [-0.3, -0.25) is 0 Å². The van der Waals surface area contributed by atoms with Crippen LogP contribution < -0.4 is 10.0 Å². The number of rotatable bonds is 7. The van der Waals surface area contributed by atoms with E-state index in [1.807, 2.05) is 6.07 Å². The Morgan fingerprint density at radius 3 is 2.74 bits per heavy atom. The third-order valence-corrected chi connectivity index (χ3v) is 6.81. The summed E-state index contributed by atoms with van der Waals surface area (Å²) in [5.41, 5.74) is 0.195. The molecule has 2 fully saturated rings. The largest absolute Gasteiger partial charge is 0.309 e. The second kappa shape index (κ2) is 4.84. The number of hydrogen-bond donors (Lipinski definition) is 2. The van der Waals surface area contributed by atoms with Gasteiger partial charge >= 0.3 is 0 Å². The van der Waals surface area contributed by atoms with Crippen molar-refractivity contribution < 1.29 is 8.42 Å². The summed E-state index contributed by atoms with van der Waals surface area (Å²) in [4.78, 5) is 1.09. The number of sulfonamides is 1. The van der Waals surface area contributed by atoms with Crippen molar-refractivity contribution in [1.29, 1.82) is 0 Å². The predicted octanol–water partition coefficient (Wildman–Crippen LogP) is 2.08. The van der Waals surface area contributed by atoms with E-state index in [4.69, 9.17) is 0 Å². The lowest BCUT2D eigenvalue weighted by Crippen LogP contribution is -2.28. The summed E-state index contributed by atoms with van der Waals surface area (Å²) in [6.07, 6.45) is 4.74. The van der Waals surface area contributed by atoms with E-state index in [2.05, 4.69) is 17.0 Å². The van der Waals surface area contributed by atoms with Crippen molar-refractivity contribution in [2.45, 2.75) is 49.4 Å². The van der Waals surface area contributed by atoms with Crippen molar-refractivity contribution in [3.63, 3.8) is 0 Å².